The molecule has 148 valence electrons. The van der Waals surface area contributed by atoms with Gasteiger partial charge < -0.3 is 0 Å². The normalized spacial score (nSPS) is 16.7. The van der Waals surface area contributed by atoms with Crippen LogP contribution in [0.4, 0.5) is 0 Å². The number of aryl methyl sites for hydroxylation is 2. The maximum atomic E-state index is 13.4. The molecule has 0 radical (unpaired) electrons. The van der Waals surface area contributed by atoms with Gasteiger partial charge >= 0.3 is 0 Å². The minimum absolute atomic E-state index is 0.251. The first-order valence-electron chi connectivity index (χ1n) is 9.36. The smallest absolute Gasteiger partial charge is 0.200 e. The fourth-order valence-electron chi connectivity index (χ4n) is 3.38. The molecule has 4 rings (SSSR count). The van der Waals surface area contributed by atoms with Crippen LogP contribution in [0, 0.1) is 13.8 Å². The lowest BCUT2D eigenvalue weighted by molar-refractivity contribution is 0.371. The Balaban J connectivity index is 1.79. The maximum absolute atomic E-state index is 13.4. The molecule has 0 spiro atoms. The lowest BCUT2D eigenvalue weighted by Crippen LogP contribution is -2.27. The first kappa shape index (κ1) is 19.9. The predicted octanol–water partition coefficient (Wildman–Crippen LogP) is 5.61. The number of halogens is 1. The second-order valence-corrected chi connectivity index (χ2v) is 9.99. The van der Waals surface area contributed by atoms with Crippen molar-refractivity contribution < 1.29 is 8.42 Å². The van der Waals surface area contributed by atoms with Crippen molar-refractivity contribution in [3.8, 4) is 0 Å². The topological polar surface area (TPSA) is 49.7 Å². The highest BCUT2D eigenvalue weighted by Crippen LogP contribution is 2.37. The Labute approximate surface area is 180 Å². The summed E-state index contributed by atoms with van der Waals surface area (Å²) in [7, 11) is -3.78. The van der Waals surface area contributed by atoms with Crippen LogP contribution < -0.4 is 0 Å². The zero-order valence-electron chi connectivity index (χ0n) is 16.2. The molecule has 1 heterocycles. The van der Waals surface area contributed by atoms with Crippen LogP contribution in [0.2, 0.25) is 0 Å². The second kappa shape index (κ2) is 7.76. The molecule has 0 bridgehead atoms. The highest BCUT2D eigenvalue weighted by Gasteiger charge is 2.37. The molecule has 0 aliphatic carbocycles. The van der Waals surface area contributed by atoms with Gasteiger partial charge in [-0.1, -0.05) is 75.6 Å². The van der Waals surface area contributed by atoms with Gasteiger partial charge in [-0.15, -0.1) is 0 Å². The van der Waals surface area contributed by atoms with E-state index in [0.29, 0.717) is 6.42 Å². The Bertz CT molecular complexity index is 1150. The largest absolute Gasteiger partial charge is 0.279 e. The average Bonchev–Trinajstić information content (AvgIpc) is 3.16. The van der Waals surface area contributed by atoms with Gasteiger partial charge in [-0.05, 0) is 49.2 Å². The third-order valence-corrected chi connectivity index (χ3v) is 7.30. The van der Waals surface area contributed by atoms with Crippen LogP contribution in [-0.2, 0) is 10.0 Å². The second-order valence-electron chi connectivity index (χ2n) is 7.27. The van der Waals surface area contributed by atoms with E-state index in [9.17, 15) is 8.42 Å². The van der Waals surface area contributed by atoms with Crippen molar-refractivity contribution in [3.05, 3.63) is 99.5 Å². The summed E-state index contributed by atoms with van der Waals surface area (Å²) in [5.74, 6) is 0. The molecule has 4 nitrogen and oxygen atoms in total. The predicted molar refractivity (Wildman–Crippen MR) is 119 cm³/mol. The molecule has 0 fully saturated rings. The lowest BCUT2D eigenvalue weighted by atomic mass is 9.98. The zero-order valence-corrected chi connectivity index (χ0v) is 18.6. The Morgan fingerprint density at radius 3 is 2.00 bits per heavy atom. The number of rotatable bonds is 4. The molecule has 0 N–H and O–H groups in total. The molecule has 0 amide bonds. The molecule has 0 saturated heterocycles. The van der Waals surface area contributed by atoms with Crippen molar-refractivity contribution in [3.63, 3.8) is 0 Å². The van der Waals surface area contributed by atoms with Crippen LogP contribution in [0.1, 0.15) is 34.7 Å². The first-order chi connectivity index (χ1) is 13.8. The minimum atomic E-state index is -3.78. The molecule has 6 heteroatoms. The lowest BCUT2D eigenvalue weighted by Gasteiger charge is -2.23. The number of sulfonamides is 1. The van der Waals surface area contributed by atoms with Gasteiger partial charge in [0.1, 0.15) is 0 Å². The summed E-state index contributed by atoms with van der Waals surface area (Å²) in [6, 6.07) is 22.3. The van der Waals surface area contributed by atoms with Crippen LogP contribution in [0.25, 0.3) is 0 Å². The highest BCUT2D eigenvalue weighted by molar-refractivity contribution is 9.10. The first-order valence-corrected chi connectivity index (χ1v) is 11.6. The summed E-state index contributed by atoms with van der Waals surface area (Å²) < 4.78 is 29.1. The van der Waals surface area contributed by atoms with E-state index in [1.54, 1.807) is 12.1 Å². The summed E-state index contributed by atoms with van der Waals surface area (Å²) in [6.45, 7) is 3.95. The number of hydrogen-bond acceptors (Lipinski definition) is 3. The standard InChI is InChI=1S/C23H21BrN2O2S/c1-16-3-7-19(8-4-16)23-15-22(18-9-11-20(24)12-10-18)25-26(23)29(27,28)21-13-5-17(2)6-14-21/h3-14,23H,15H2,1-2H3. The van der Waals surface area contributed by atoms with Crippen molar-refractivity contribution in [1.82, 2.24) is 4.41 Å². The Morgan fingerprint density at radius 2 is 1.41 bits per heavy atom. The molecule has 1 aliphatic rings. The summed E-state index contributed by atoms with van der Waals surface area (Å²) in [6.07, 6.45) is 0.524. The zero-order chi connectivity index (χ0) is 20.6. The van der Waals surface area contributed by atoms with Crippen molar-refractivity contribution in [2.45, 2.75) is 31.2 Å². The van der Waals surface area contributed by atoms with Crippen LogP contribution in [0.5, 0.6) is 0 Å². The maximum Gasteiger partial charge on any atom is 0.279 e. The van der Waals surface area contributed by atoms with Gasteiger partial charge in [0.15, 0.2) is 0 Å². The van der Waals surface area contributed by atoms with Crippen LogP contribution in [-0.4, -0.2) is 18.5 Å². The number of hydrogen-bond donors (Lipinski definition) is 0. The number of hydrazone groups is 1. The monoisotopic (exact) mass is 468 g/mol. The molecular weight excluding hydrogens is 448 g/mol. The van der Waals surface area contributed by atoms with Crippen molar-refractivity contribution in [2.75, 3.05) is 0 Å². The summed E-state index contributed by atoms with van der Waals surface area (Å²) >= 11 is 3.44. The van der Waals surface area contributed by atoms with E-state index in [1.807, 2.05) is 74.5 Å². The molecule has 1 aliphatic heterocycles. The van der Waals surface area contributed by atoms with Gasteiger partial charge in [-0.2, -0.15) is 17.9 Å². The van der Waals surface area contributed by atoms with E-state index in [2.05, 4.69) is 21.0 Å². The van der Waals surface area contributed by atoms with Crippen LogP contribution in [0.3, 0.4) is 0 Å². The Kier molecular flexibility index (Phi) is 5.32. The van der Waals surface area contributed by atoms with Crippen molar-refractivity contribution in [1.29, 1.82) is 0 Å². The van der Waals surface area contributed by atoms with Crippen molar-refractivity contribution >= 4 is 31.7 Å². The summed E-state index contributed by atoms with van der Waals surface area (Å²) in [5.41, 5.74) is 4.76. The third-order valence-electron chi connectivity index (χ3n) is 5.08. The molecule has 1 atom stereocenters. The van der Waals surface area contributed by atoms with Gasteiger partial charge in [0, 0.05) is 10.9 Å². The van der Waals surface area contributed by atoms with E-state index in [4.69, 9.17) is 0 Å². The Hall–Kier alpha value is -2.44. The molecule has 3 aromatic carbocycles. The van der Waals surface area contributed by atoms with E-state index >= 15 is 0 Å². The van der Waals surface area contributed by atoms with E-state index in [1.165, 1.54) is 4.41 Å². The summed E-state index contributed by atoms with van der Waals surface area (Å²) in [4.78, 5) is 0.251. The van der Waals surface area contributed by atoms with Crippen LogP contribution in [0.15, 0.2) is 87.3 Å². The van der Waals surface area contributed by atoms with Gasteiger partial charge in [0.2, 0.25) is 0 Å². The highest BCUT2D eigenvalue weighted by atomic mass is 79.9. The molecule has 3 aromatic rings. The van der Waals surface area contributed by atoms with Gasteiger partial charge in [-0.3, -0.25) is 0 Å². The SMILES string of the molecule is Cc1ccc(C2CC(c3ccc(Br)cc3)=NN2S(=O)(=O)c2ccc(C)cc2)cc1. The molecular formula is C23H21BrN2O2S. The minimum Gasteiger partial charge on any atom is -0.200 e. The fraction of sp³-hybridized carbons (Fsp3) is 0.174. The number of benzene rings is 3. The van der Waals surface area contributed by atoms with Gasteiger partial charge in [0.05, 0.1) is 16.6 Å². The fourth-order valence-corrected chi connectivity index (χ4v) is 5.08. The van der Waals surface area contributed by atoms with E-state index in [0.717, 1.165) is 32.4 Å². The van der Waals surface area contributed by atoms with E-state index < -0.39 is 10.0 Å². The van der Waals surface area contributed by atoms with Gasteiger partial charge in [-0.25, -0.2) is 0 Å². The average molecular weight is 469 g/mol. The molecule has 1 unspecified atom stereocenters. The molecule has 0 aromatic heterocycles. The van der Waals surface area contributed by atoms with Crippen LogP contribution >= 0.6 is 15.9 Å². The molecule has 29 heavy (non-hydrogen) atoms. The van der Waals surface area contributed by atoms with E-state index in [-0.39, 0.29) is 10.9 Å². The number of nitrogens with zero attached hydrogens (tertiary/aromatic N) is 2. The Morgan fingerprint density at radius 1 is 0.862 bits per heavy atom. The molecule has 0 saturated carbocycles. The van der Waals surface area contributed by atoms with Crippen molar-refractivity contribution in [2.24, 2.45) is 5.10 Å². The third kappa shape index (κ3) is 4.00. The summed E-state index contributed by atoms with van der Waals surface area (Å²) in [5, 5.41) is 4.59. The quantitative estimate of drug-likeness (QED) is 0.499. The van der Waals surface area contributed by atoms with Gasteiger partial charge in [0.25, 0.3) is 10.0 Å².